The first-order valence-electron chi connectivity index (χ1n) is 3.07. The second-order valence-corrected chi connectivity index (χ2v) is 2.52. The van der Waals surface area contributed by atoms with Crippen LogP contribution in [0.2, 0.25) is 0 Å². The van der Waals surface area contributed by atoms with E-state index in [-0.39, 0.29) is 29.9 Å². The molecule has 60 valence electrons. The van der Waals surface area contributed by atoms with Crippen LogP contribution in [-0.2, 0) is 0 Å². The molecule has 0 aromatic heterocycles. The Morgan fingerprint density at radius 1 is 1.70 bits per heavy atom. The molecule has 0 radical (unpaired) electrons. The summed E-state index contributed by atoms with van der Waals surface area (Å²) in [5.74, 6) is 0.440. The van der Waals surface area contributed by atoms with Gasteiger partial charge in [-0.1, -0.05) is 0 Å². The van der Waals surface area contributed by atoms with Crippen molar-refractivity contribution < 1.29 is 4.92 Å². The lowest BCUT2D eigenvalue weighted by Crippen LogP contribution is -2.30. The minimum absolute atomic E-state index is 0. The summed E-state index contributed by atoms with van der Waals surface area (Å²) >= 11 is 0. The van der Waals surface area contributed by atoms with Gasteiger partial charge in [-0.15, -0.1) is 12.4 Å². The number of rotatable bonds is 3. The Labute approximate surface area is 65.3 Å². The molecule has 1 fully saturated rings. The van der Waals surface area contributed by atoms with Crippen LogP contribution in [0.1, 0.15) is 12.8 Å². The molecule has 0 aromatic rings. The number of hydrogen-bond acceptors (Lipinski definition) is 3. The number of nitrogens with two attached hydrogens (primary N) is 1. The van der Waals surface area contributed by atoms with Crippen molar-refractivity contribution in [3.8, 4) is 0 Å². The van der Waals surface area contributed by atoms with E-state index in [1.54, 1.807) is 0 Å². The molecular formula is C5H11ClN2O2. The van der Waals surface area contributed by atoms with Gasteiger partial charge in [-0.2, -0.15) is 0 Å². The minimum Gasteiger partial charge on any atom is -0.322 e. The molecule has 0 spiro atoms. The van der Waals surface area contributed by atoms with Crippen molar-refractivity contribution in [2.24, 2.45) is 11.7 Å². The molecule has 1 rings (SSSR count). The van der Waals surface area contributed by atoms with Crippen LogP contribution in [-0.4, -0.2) is 17.5 Å². The van der Waals surface area contributed by atoms with Gasteiger partial charge in [0.05, 0.1) is 6.04 Å². The van der Waals surface area contributed by atoms with Gasteiger partial charge in [0.25, 0.3) is 0 Å². The lowest BCUT2D eigenvalue weighted by molar-refractivity contribution is -0.483. The molecule has 2 N–H and O–H groups in total. The molecule has 0 bridgehead atoms. The van der Waals surface area contributed by atoms with Crippen molar-refractivity contribution in [1.29, 1.82) is 0 Å². The van der Waals surface area contributed by atoms with E-state index in [0.29, 0.717) is 5.92 Å². The molecule has 1 aliphatic rings. The van der Waals surface area contributed by atoms with Gasteiger partial charge in [-0.3, -0.25) is 10.1 Å². The Hall–Kier alpha value is -0.350. The summed E-state index contributed by atoms with van der Waals surface area (Å²) in [7, 11) is 0. The summed E-state index contributed by atoms with van der Waals surface area (Å²) in [4.78, 5) is 9.52. The van der Waals surface area contributed by atoms with Gasteiger partial charge in [0.1, 0.15) is 0 Å². The summed E-state index contributed by atoms with van der Waals surface area (Å²) in [5.41, 5.74) is 5.44. The van der Waals surface area contributed by atoms with Crippen molar-refractivity contribution in [1.82, 2.24) is 0 Å². The Kier molecular flexibility index (Phi) is 3.60. The normalized spacial score (nSPS) is 19.3. The van der Waals surface area contributed by atoms with E-state index in [0.717, 1.165) is 12.8 Å². The lowest BCUT2D eigenvalue weighted by atomic mass is 10.2. The van der Waals surface area contributed by atoms with Crippen LogP contribution in [0.25, 0.3) is 0 Å². The number of nitrogens with zero attached hydrogens (tertiary/aromatic N) is 1. The summed E-state index contributed by atoms with van der Waals surface area (Å²) in [5, 5.41) is 9.87. The van der Waals surface area contributed by atoms with E-state index in [2.05, 4.69) is 0 Å². The van der Waals surface area contributed by atoms with Gasteiger partial charge in [0.2, 0.25) is 6.54 Å². The second-order valence-electron chi connectivity index (χ2n) is 2.52. The molecule has 0 aliphatic heterocycles. The first kappa shape index (κ1) is 9.65. The molecular weight excluding hydrogens is 156 g/mol. The molecule has 0 amide bonds. The van der Waals surface area contributed by atoms with Crippen molar-refractivity contribution >= 4 is 12.4 Å². The zero-order valence-electron chi connectivity index (χ0n) is 5.53. The SMILES string of the molecule is Cl.N[C@@H](C[N+](=O)[O-])C1CC1. The molecule has 1 aliphatic carbocycles. The van der Waals surface area contributed by atoms with Gasteiger partial charge in [-0.05, 0) is 18.8 Å². The van der Waals surface area contributed by atoms with Gasteiger partial charge >= 0.3 is 0 Å². The zero-order chi connectivity index (χ0) is 6.85. The maximum absolute atomic E-state index is 9.87. The smallest absolute Gasteiger partial charge is 0.219 e. The van der Waals surface area contributed by atoms with Crippen LogP contribution in [0.15, 0.2) is 0 Å². The highest BCUT2D eigenvalue weighted by molar-refractivity contribution is 5.85. The number of nitro groups is 1. The van der Waals surface area contributed by atoms with E-state index >= 15 is 0 Å². The zero-order valence-corrected chi connectivity index (χ0v) is 6.34. The highest BCUT2D eigenvalue weighted by atomic mass is 35.5. The third kappa shape index (κ3) is 2.98. The molecule has 0 aromatic carbocycles. The van der Waals surface area contributed by atoms with E-state index in [1.807, 2.05) is 0 Å². The molecule has 1 atom stereocenters. The van der Waals surface area contributed by atoms with E-state index in [4.69, 9.17) is 5.73 Å². The maximum atomic E-state index is 9.87. The molecule has 1 saturated carbocycles. The molecule has 4 nitrogen and oxygen atoms in total. The Bertz CT molecular complexity index is 127. The van der Waals surface area contributed by atoms with Crippen LogP contribution in [0, 0.1) is 16.0 Å². The number of halogens is 1. The van der Waals surface area contributed by atoms with Crippen molar-refractivity contribution in [3.05, 3.63) is 10.1 Å². The lowest BCUT2D eigenvalue weighted by Gasteiger charge is -2.01. The molecule has 0 saturated heterocycles. The summed E-state index contributed by atoms with van der Waals surface area (Å²) < 4.78 is 0. The fourth-order valence-electron chi connectivity index (χ4n) is 0.846. The minimum atomic E-state index is -0.344. The van der Waals surface area contributed by atoms with E-state index in [9.17, 15) is 10.1 Å². The van der Waals surface area contributed by atoms with Crippen molar-refractivity contribution in [2.75, 3.05) is 6.54 Å². The van der Waals surface area contributed by atoms with Crippen molar-refractivity contribution in [2.45, 2.75) is 18.9 Å². The highest BCUT2D eigenvalue weighted by Crippen LogP contribution is 2.31. The molecule has 5 heteroatoms. The summed E-state index contributed by atoms with van der Waals surface area (Å²) in [6.45, 7) is -0.0648. The summed E-state index contributed by atoms with van der Waals surface area (Å²) in [6.07, 6.45) is 2.16. The molecule has 0 unspecified atom stereocenters. The van der Waals surface area contributed by atoms with E-state index < -0.39 is 0 Å². The quantitative estimate of drug-likeness (QED) is 0.488. The number of hydrogen-bond donors (Lipinski definition) is 1. The first-order valence-corrected chi connectivity index (χ1v) is 3.07. The molecule has 0 heterocycles. The topological polar surface area (TPSA) is 69.2 Å². The Morgan fingerprint density at radius 3 is 2.50 bits per heavy atom. The Morgan fingerprint density at radius 2 is 2.20 bits per heavy atom. The van der Waals surface area contributed by atoms with E-state index in [1.165, 1.54) is 0 Å². The monoisotopic (exact) mass is 166 g/mol. The van der Waals surface area contributed by atoms with Gasteiger partial charge in [0, 0.05) is 4.92 Å². The fraction of sp³-hybridized carbons (Fsp3) is 1.00. The average Bonchev–Trinajstić information content (AvgIpc) is 2.40. The van der Waals surface area contributed by atoms with Crippen LogP contribution in [0.5, 0.6) is 0 Å². The van der Waals surface area contributed by atoms with Gasteiger partial charge in [0.15, 0.2) is 0 Å². The van der Waals surface area contributed by atoms with Gasteiger partial charge in [-0.25, -0.2) is 0 Å². The second kappa shape index (κ2) is 3.73. The largest absolute Gasteiger partial charge is 0.322 e. The maximum Gasteiger partial charge on any atom is 0.219 e. The van der Waals surface area contributed by atoms with Crippen LogP contribution < -0.4 is 5.73 Å². The molecule has 10 heavy (non-hydrogen) atoms. The third-order valence-electron chi connectivity index (χ3n) is 1.59. The summed E-state index contributed by atoms with van der Waals surface area (Å²) in [6, 6.07) is -0.194. The first-order chi connectivity index (χ1) is 4.20. The van der Waals surface area contributed by atoms with Crippen molar-refractivity contribution in [3.63, 3.8) is 0 Å². The standard InChI is InChI=1S/C5H10N2O2.ClH/c6-5(3-7(8)9)4-1-2-4;/h4-5H,1-3,6H2;1H/t5-;/m0./s1. The predicted molar refractivity (Wildman–Crippen MR) is 39.8 cm³/mol. The highest BCUT2D eigenvalue weighted by Gasteiger charge is 2.31. The van der Waals surface area contributed by atoms with Crippen LogP contribution in [0.4, 0.5) is 0 Å². The van der Waals surface area contributed by atoms with Crippen LogP contribution in [0.3, 0.4) is 0 Å². The Balaban J connectivity index is 0.000000810. The average molecular weight is 167 g/mol. The van der Waals surface area contributed by atoms with Gasteiger partial charge < -0.3 is 5.73 Å². The fourth-order valence-corrected chi connectivity index (χ4v) is 0.846. The van der Waals surface area contributed by atoms with Crippen LogP contribution >= 0.6 is 12.4 Å². The predicted octanol–water partition coefficient (Wildman–Crippen LogP) is 0.422. The third-order valence-corrected chi connectivity index (χ3v) is 1.59.